The van der Waals surface area contributed by atoms with Crippen molar-refractivity contribution in [2.75, 3.05) is 30.9 Å². The van der Waals surface area contributed by atoms with Crippen LogP contribution in [0.2, 0.25) is 5.02 Å². The Morgan fingerprint density at radius 1 is 1.10 bits per heavy atom. The summed E-state index contributed by atoms with van der Waals surface area (Å²) < 4.78 is 33.4. The quantitative estimate of drug-likeness (QED) is 0.154. The third kappa shape index (κ3) is 8.18. The van der Waals surface area contributed by atoms with Crippen molar-refractivity contribution >= 4 is 44.4 Å². The van der Waals surface area contributed by atoms with Crippen LogP contribution in [0.1, 0.15) is 83.0 Å². The van der Waals surface area contributed by atoms with Crippen LogP contribution in [0.5, 0.6) is 5.75 Å². The lowest BCUT2D eigenvalue weighted by Crippen LogP contribution is -2.43. The molecule has 3 aliphatic heterocycles. The van der Waals surface area contributed by atoms with E-state index in [4.69, 9.17) is 21.1 Å². The summed E-state index contributed by atoms with van der Waals surface area (Å²) >= 11 is 6.47. The van der Waals surface area contributed by atoms with Gasteiger partial charge < -0.3 is 18.9 Å². The first kappa shape index (κ1) is 35.7. The van der Waals surface area contributed by atoms with Crippen molar-refractivity contribution in [1.29, 1.82) is 0 Å². The second kappa shape index (κ2) is 15.5. The van der Waals surface area contributed by atoms with Crippen LogP contribution in [0.4, 0.5) is 5.69 Å². The van der Waals surface area contributed by atoms with Crippen LogP contribution >= 0.6 is 11.6 Å². The molecule has 2 amide bonds. The maximum atomic E-state index is 14.5. The molecule has 4 aliphatic rings. The average Bonchev–Trinajstić information content (AvgIpc) is 3.71. The number of allylic oxidation sites excluding steroid dienone is 1. The van der Waals surface area contributed by atoms with E-state index in [1.165, 1.54) is 11.1 Å². The van der Waals surface area contributed by atoms with Gasteiger partial charge in [-0.15, -0.1) is 0 Å². The Kier molecular flexibility index (Phi) is 10.8. The Labute approximate surface area is 306 Å². The molecule has 1 unspecified atom stereocenters. The van der Waals surface area contributed by atoms with E-state index in [-0.39, 0.29) is 17.8 Å². The number of amides is 2. The predicted octanol–water partition coefficient (Wildman–Crippen LogP) is 7.92. The number of ether oxygens (including phenoxy) is 2. The second-order valence-corrected chi connectivity index (χ2v) is 17.1. The van der Waals surface area contributed by atoms with Crippen molar-refractivity contribution in [2.24, 2.45) is 27.1 Å². The Balaban J connectivity index is 1.30. The molecule has 2 aromatic carbocycles. The summed E-state index contributed by atoms with van der Waals surface area (Å²) in [5.41, 5.74) is 6.18. The van der Waals surface area contributed by atoms with Crippen molar-refractivity contribution in [1.82, 2.24) is 4.57 Å². The summed E-state index contributed by atoms with van der Waals surface area (Å²) in [5.74, 6) is 0.287. The Morgan fingerprint density at radius 3 is 2.78 bits per heavy atom. The van der Waals surface area contributed by atoms with Crippen molar-refractivity contribution in [3.8, 4) is 5.75 Å². The summed E-state index contributed by atoms with van der Waals surface area (Å²) in [6.45, 7) is 4.75. The number of aromatic nitrogens is 1. The summed E-state index contributed by atoms with van der Waals surface area (Å²) in [6.07, 6.45) is 13.4. The maximum absolute atomic E-state index is 14.5. The SMILES string of the molecule is CO[C@H]1/C=C/C[C@H](C)CS(=O)(C=NC(=O)c2cc3n(c2)CCC3)=NC(=O)c2ccc3c(c2)N(Cc2ccc(Cl)cc2CCCCO3)C[C@@H]2CC[C@H]21. The lowest BCUT2D eigenvalue weighted by molar-refractivity contribution is 0.0133. The second-order valence-electron chi connectivity index (χ2n) is 14.6. The molecule has 4 heterocycles. The molecule has 3 aromatic rings. The van der Waals surface area contributed by atoms with Crippen molar-refractivity contribution in [3.05, 3.63) is 93.8 Å². The minimum atomic E-state index is -3.36. The summed E-state index contributed by atoms with van der Waals surface area (Å²) in [4.78, 5) is 33.6. The van der Waals surface area contributed by atoms with Gasteiger partial charge in [-0.3, -0.25) is 9.59 Å². The number of benzene rings is 2. The number of nitrogens with zero attached hydrogens (tertiary/aromatic N) is 4. The van der Waals surface area contributed by atoms with Gasteiger partial charge in [0.2, 0.25) is 0 Å². The van der Waals surface area contributed by atoms with Crippen molar-refractivity contribution in [3.63, 3.8) is 0 Å². The van der Waals surface area contributed by atoms with Gasteiger partial charge in [-0.05, 0) is 117 Å². The van der Waals surface area contributed by atoms with E-state index in [9.17, 15) is 13.8 Å². The number of carbonyl (C=O) groups excluding carboxylic acids is 2. The molecular weight excluding hydrogens is 684 g/mol. The van der Waals surface area contributed by atoms with Crippen LogP contribution in [0.15, 0.2) is 70.2 Å². The van der Waals surface area contributed by atoms with Gasteiger partial charge in [-0.2, -0.15) is 4.36 Å². The zero-order valence-corrected chi connectivity index (χ0v) is 31.0. The van der Waals surface area contributed by atoms with Crippen LogP contribution < -0.4 is 9.64 Å². The molecule has 1 aromatic heterocycles. The third-order valence-electron chi connectivity index (χ3n) is 10.8. The van der Waals surface area contributed by atoms with E-state index >= 15 is 0 Å². The first-order chi connectivity index (χ1) is 24.7. The molecule has 11 heteroatoms. The van der Waals surface area contributed by atoms with E-state index in [1.807, 2.05) is 31.2 Å². The molecule has 270 valence electrons. The fourth-order valence-corrected chi connectivity index (χ4v) is 9.93. The number of methoxy groups -OCH3 is 1. The van der Waals surface area contributed by atoms with Gasteiger partial charge >= 0.3 is 0 Å². The van der Waals surface area contributed by atoms with E-state index in [0.717, 1.165) is 80.0 Å². The zero-order valence-electron chi connectivity index (χ0n) is 29.5. The van der Waals surface area contributed by atoms with Gasteiger partial charge in [0.1, 0.15) is 11.3 Å². The molecule has 0 N–H and O–H groups in total. The normalized spacial score (nSPS) is 27.6. The first-order valence-corrected chi connectivity index (χ1v) is 20.4. The number of rotatable bonds is 3. The largest absolute Gasteiger partial charge is 0.491 e. The van der Waals surface area contributed by atoms with Crippen LogP contribution in [0.25, 0.3) is 0 Å². The van der Waals surface area contributed by atoms with Gasteiger partial charge in [0.15, 0.2) is 0 Å². The summed E-state index contributed by atoms with van der Waals surface area (Å²) in [5, 5.41) is 0.719. The van der Waals surface area contributed by atoms with Gasteiger partial charge in [-0.25, -0.2) is 9.20 Å². The van der Waals surface area contributed by atoms with Gasteiger partial charge in [-0.1, -0.05) is 36.7 Å². The monoisotopic (exact) mass is 730 g/mol. The Hall–Kier alpha value is -3.73. The molecule has 7 rings (SSSR count). The highest BCUT2D eigenvalue weighted by Crippen LogP contribution is 2.42. The van der Waals surface area contributed by atoms with E-state index in [0.29, 0.717) is 48.3 Å². The summed E-state index contributed by atoms with van der Waals surface area (Å²) in [7, 11) is -1.60. The predicted molar refractivity (Wildman–Crippen MR) is 203 cm³/mol. The lowest BCUT2D eigenvalue weighted by atomic mass is 9.70. The molecule has 1 aliphatic carbocycles. The molecule has 0 radical (unpaired) electrons. The highest BCUT2D eigenvalue weighted by atomic mass is 35.5. The smallest absolute Gasteiger partial charge is 0.285 e. The molecule has 0 saturated heterocycles. The highest BCUT2D eigenvalue weighted by Gasteiger charge is 2.38. The molecule has 51 heavy (non-hydrogen) atoms. The van der Waals surface area contributed by atoms with Gasteiger partial charge in [0, 0.05) is 55.0 Å². The first-order valence-electron chi connectivity index (χ1n) is 18.2. The molecule has 1 fully saturated rings. The van der Waals surface area contributed by atoms with Crippen LogP contribution in [-0.2, 0) is 40.4 Å². The number of aryl methyl sites for hydroxylation is 3. The van der Waals surface area contributed by atoms with Crippen LogP contribution in [0.3, 0.4) is 0 Å². The Morgan fingerprint density at radius 2 is 1.98 bits per heavy atom. The van der Waals surface area contributed by atoms with Crippen molar-refractivity contribution in [2.45, 2.75) is 77.5 Å². The molecule has 2 bridgehead atoms. The molecular formula is C40H47ClN4O5S. The van der Waals surface area contributed by atoms with Crippen molar-refractivity contribution < 1.29 is 23.3 Å². The fraction of sp³-hybridized carbons (Fsp3) is 0.475. The highest BCUT2D eigenvalue weighted by molar-refractivity contribution is 8.06. The minimum absolute atomic E-state index is 0.0558. The van der Waals surface area contributed by atoms with Gasteiger partial charge in [0.25, 0.3) is 11.8 Å². The molecule has 0 spiro atoms. The number of hydrogen-bond acceptors (Lipinski definition) is 6. The topological polar surface area (TPSA) is 103 Å². The number of halogens is 1. The van der Waals surface area contributed by atoms with Gasteiger partial charge in [0.05, 0.1) is 33.7 Å². The van der Waals surface area contributed by atoms with Crippen LogP contribution in [0, 0.1) is 17.8 Å². The van der Waals surface area contributed by atoms with Crippen LogP contribution in [-0.4, -0.2) is 58.3 Å². The third-order valence-corrected chi connectivity index (χ3v) is 13.0. The summed E-state index contributed by atoms with van der Waals surface area (Å²) in [6, 6.07) is 13.3. The van der Waals surface area contributed by atoms with E-state index in [2.05, 4.69) is 43.1 Å². The number of aliphatic imine (C=N–C) groups is 1. The molecule has 1 saturated carbocycles. The number of carbonyl (C=O) groups is 2. The molecule has 5 atom stereocenters. The number of fused-ring (bicyclic) bond motifs is 4. The maximum Gasteiger partial charge on any atom is 0.285 e. The zero-order chi connectivity index (χ0) is 35.5. The fourth-order valence-electron chi connectivity index (χ4n) is 7.93. The molecule has 9 nitrogen and oxygen atoms in total. The average molecular weight is 731 g/mol. The lowest BCUT2D eigenvalue weighted by Gasteiger charge is -2.43. The number of anilines is 1. The Bertz CT molecular complexity index is 1960. The van der Waals surface area contributed by atoms with E-state index in [1.54, 1.807) is 19.4 Å². The minimum Gasteiger partial charge on any atom is -0.491 e. The standard InChI is InChI=1S/C40H47ClN4O5S/c1-27-7-5-10-37(49-2)35-15-12-31(35)23-45-22-30-11-14-33(41)19-28(30)8-3-4-18-50-38-16-13-29(21-36(38)45)40(47)43-51(48,25-27)26-42-39(46)32-20-34-9-6-17-44(34)24-32/h5,10-11,13-14,16,19-21,24,26-27,31,35,37H,3-4,6-9,12,15,17-18,22-23,25H2,1-2H3/b10-5+,42-26?/t27-,31-,35+,37-,51?/m0/s1. The van der Waals surface area contributed by atoms with E-state index < -0.39 is 21.5 Å². The number of hydrogen-bond donors (Lipinski definition) is 0.